The number of aromatic nitrogens is 4. The van der Waals surface area contributed by atoms with Crippen LogP contribution in [0.2, 0.25) is 0 Å². The summed E-state index contributed by atoms with van der Waals surface area (Å²) in [6.45, 7) is 4.44. The summed E-state index contributed by atoms with van der Waals surface area (Å²) in [6, 6.07) is 0.148. The normalized spacial score (nSPS) is 24.6. The zero-order valence-electron chi connectivity index (χ0n) is 20.6. The highest BCUT2D eigenvalue weighted by atomic mass is 19.4. The molecule has 10 nitrogen and oxygen atoms in total. The average molecular weight is 522 g/mol. The number of carbonyl (C=O) groups is 1. The zero-order valence-corrected chi connectivity index (χ0v) is 20.6. The quantitative estimate of drug-likeness (QED) is 0.638. The van der Waals surface area contributed by atoms with Crippen molar-refractivity contribution in [2.24, 2.45) is 0 Å². The molecule has 0 aromatic carbocycles. The summed E-state index contributed by atoms with van der Waals surface area (Å²) in [5, 5.41) is 6.44. The third-order valence-electron chi connectivity index (χ3n) is 7.54. The van der Waals surface area contributed by atoms with Crippen molar-refractivity contribution in [2.75, 3.05) is 42.5 Å². The van der Waals surface area contributed by atoms with Crippen LogP contribution in [-0.2, 0) is 15.7 Å². The Morgan fingerprint density at radius 1 is 1.08 bits per heavy atom. The first-order valence-corrected chi connectivity index (χ1v) is 12.6. The number of carbonyl (C=O) groups excluding carboxylic acids is 1. The van der Waals surface area contributed by atoms with Gasteiger partial charge in [-0.3, -0.25) is 9.59 Å². The molecule has 3 aliphatic heterocycles. The van der Waals surface area contributed by atoms with Crippen molar-refractivity contribution >= 4 is 17.5 Å². The molecule has 37 heavy (non-hydrogen) atoms. The number of halogens is 3. The minimum absolute atomic E-state index is 0.00680. The van der Waals surface area contributed by atoms with E-state index in [1.54, 1.807) is 22.9 Å². The van der Waals surface area contributed by atoms with Crippen LogP contribution in [0.15, 0.2) is 23.4 Å². The predicted octanol–water partition coefficient (Wildman–Crippen LogP) is 2.14. The van der Waals surface area contributed by atoms with E-state index in [0.717, 1.165) is 50.3 Å². The number of nitrogens with zero attached hydrogens (tertiary/aromatic N) is 6. The number of nitrogens with one attached hydrogen (secondary N) is 1. The molecule has 0 unspecified atom stereocenters. The van der Waals surface area contributed by atoms with Crippen LogP contribution in [0.25, 0.3) is 0 Å². The van der Waals surface area contributed by atoms with Crippen molar-refractivity contribution in [3.05, 3.63) is 40.1 Å². The minimum Gasteiger partial charge on any atom is -0.372 e. The molecule has 3 aliphatic rings. The number of hydrogen-bond donors (Lipinski definition) is 1. The van der Waals surface area contributed by atoms with Crippen LogP contribution in [0.1, 0.15) is 43.2 Å². The van der Waals surface area contributed by atoms with Gasteiger partial charge in [-0.25, -0.2) is 15.1 Å². The van der Waals surface area contributed by atoms with Gasteiger partial charge in [0.1, 0.15) is 0 Å². The van der Waals surface area contributed by atoms with Crippen molar-refractivity contribution in [2.45, 2.75) is 63.5 Å². The van der Waals surface area contributed by atoms with Crippen LogP contribution < -0.4 is 15.4 Å². The van der Waals surface area contributed by atoms with Crippen LogP contribution in [0, 0.1) is 6.92 Å². The fourth-order valence-electron chi connectivity index (χ4n) is 5.49. The molecule has 5 rings (SSSR count). The van der Waals surface area contributed by atoms with Crippen molar-refractivity contribution in [3.63, 3.8) is 0 Å². The number of piperazine rings is 1. The molecule has 1 amide bonds. The average Bonchev–Trinajstić information content (AvgIpc) is 3.55. The van der Waals surface area contributed by atoms with Crippen LogP contribution in [0.3, 0.4) is 0 Å². The highest BCUT2D eigenvalue weighted by Crippen LogP contribution is 2.35. The molecular formula is C24H30F3N7O3. The zero-order chi connectivity index (χ0) is 26.2. The standard InChI is InChI=1S/C24H30F3N7O3/c1-15-19(14-30-31-22(15)36)34-6-2-3-18(34)20-5-4-17(37-20)11-21(35)32-7-9-33(10-8-32)23-28-12-16(13-29-23)24(25,26)27/h12-14,17-18,20H,2-11H2,1H3,(H,31,36)/t17-,18+,20+/m1/s1. The second-order valence-corrected chi connectivity index (χ2v) is 9.83. The molecule has 3 saturated heterocycles. The third kappa shape index (κ3) is 5.41. The van der Waals surface area contributed by atoms with Crippen molar-refractivity contribution in [3.8, 4) is 0 Å². The molecular weight excluding hydrogens is 491 g/mol. The fraction of sp³-hybridized carbons (Fsp3) is 0.625. The maximum absolute atomic E-state index is 13.0. The molecule has 2 aromatic rings. The number of ether oxygens (including phenoxy) is 1. The molecule has 2 aromatic heterocycles. The lowest BCUT2D eigenvalue weighted by Gasteiger charge is -2.35. The lowest BCUT2D eigenvalue weighted by molar-refractivity contribution is -0.138. The lowest BCUT2D eigenvalue weighted by Crippen LogP contribution is -2.49. The molecule has 0 spiro atoms. The Hall–Kier alpha value is -3.22. The molecule has 13 heteroatoms. The second kappa shape index (κ2) is 10.3. The van der Waals surface area contributed by atoms with Crippen molar-refractivity contribution < 1.29 is 22.7 Å². The first-order chi connectivity index (χ1) is 17.7. The summed E-state index contributed by atoms with van der Waals surface area (Å²) in [5.41, 5.74) is 0.408. The van der Waals surface area contributed by atoms with Gasteiger partial charge < -0.3 is 19.4 Å². The monoisotopic (exact) mass is 521 g/mol. The molecule has 0 aliphatic carbocycles. The van der Waals surface area contributed by atoms with Crippen LogP contribution in [0.4, 0.5) is 24.8 Å². The maximum Gasteiger partial charge on any atom is 0.419 e. The Bertz CT molecular complexity index is 1170. The van der Waals surface area contributed by atoms with E-state index in [1.165, 1.54) is 0 Å². The van der Waals surface area contributed by atoms with Gasteiger partial charge in [0.25, 0.3) is 5.56 Å². The van der Waals surface area contributed by atoms with Crippen LogP contribution in [0.5, 0.6) is 0 Å². The SMILES string of the molecule is Cc1c(N2CCC[C@H]2[C@@H]2CC[C@H](CC(=O)N3CCN(c4ncc(C(F)(F)F)cn4)CC3)O2)cn[nH]c1=O. The first-order valence-electron chi connectivity index (χ1n) is 12.6. The van der Waals surface area contributed by atoms with Crippen molar-refractivity contribution in [1.82, 2.24) is 25.1 Å². The molecule has 3 atom stereocenters. The van der Waals surface area contributed by atoms with E-state index < -0.39 is 11.7 Å². The number of alkyl halides is 3. The second-order valence-electron chi connectivity index (χ2n) is 9.83. The van der Waals surface area contributed by atoms with Gasteiger partial charge in [0.2, 0.25) is 11.9 Å². The van der Waals surface area contributed by atoms with Crippen molar-refractivity contribution in [1.29, 1.82) is 0 Å². The van der Waals surface area contributed by atoms with Gasteiger partial charge in [-0.1, -0.05) is 0 Å². The van der Waals surface area contributed by atoms with Gasteiger partial charge in [0.05, 0.1) is 42.1 Å². The summed E-state index contributed by atoms with van der Waals surface area (Å²) < 4.78 is 44.6. The van der Waals surface area contributed by atoms with Gasteiger partial charge in [0.15, 0.2) is 0 Å². The smallest absolute Gasteiger partial charge is 0.372 e. The number of aromatic amines is 1. The Kier molecular flexibility index (Phi) is 7.06. The number of rotatable bonds is 5. The maximum atomic E-state index is 13.0. The Balaban J connectivity index is 1.12. The highest BCUT2D eigenvalue weighted by Gasteiger charge is 2.39. The fourth-order valence-corrected chi connectivity index (χ4v) is 5.49. The minimum atomic E-state index is -4.47. The van der Waals surface area contributed by atoms with Gasteiger partial charge >= 0.3 is 6.18 Å². The number of anilines is 2. The molecule has 1 N–H and O–H groups in total. The topological polar surface area (TPSA) is 108 Å². The summed E-state index contributed by atoms with van der Waals surface area (Å²) in [4.78, 5) is 38.5. The molecule has 0 bridgehead atoms. The lowest BCUT2D eigenvalue weighted by atomic mass is 10.0. The molecule has 0 saturated carbocycles. The van der Waals surface area contributed by atoms with Gasteiger partial charge in [-0.2, -0.15) is 18.3 Å². The van der Waals surface area contributed by atoms with E-state index in [-0.39, 0.29) is 35.7 Å². The number of amides is 1. The number of H-pyrrole nitrogens is 1. The predicted molar refractivity (Wildman–Crippen MR) is 128 cm³/mol. The van der Waals surface area contributed by atoms with Gasteiger partial charge in [-0.05, 0) is 32.6 Å². The van der Waals surface area contributed by atoms with E-state index in [0.29, 0.717) is 38.2 Å². The van der Waals surface area contributed by atoms with E-state index in [4.69, 9.17) is 4.74 Å². The third-order valence-corrected chi connectivity index (χ3v) is 7.54. The molecule has 200 valence electrons. The summed E-state index contributed by atoms with van der Waals surface area (Å²) >= 11 is 0. The molecule has 5 heterocycles. The molecule has 0 radical (unpaired) electrons. The Labute approximate surface area is 211 Å². The van der Waals surface area contributed by atoms with E-state index in [9.17, 15) is 22.8 Å². The van der Waals surface area contributed by atoms with E-state index in [2.05, 4.69) is 25.1 Å². The largest absolute Gasteiger partial charge is 0.419 e. The molecule has 3 fully saturated rings. The van der Waals surface area contributed by atoms with E-state index in [1.807, 2.05) is 0 Å². The van der Waals surface area contributed by atoms with Gasteiger partial charge in [-0.15, -0.1) is 0 Å². The Morgan fingerprint density at radius 2 is 1.81 bits per heavy atom. The van der Waals surface area contributed by atoms with Crippen LogP contribution in [-0.4, -0.2) is 81.9 Å². The summed E-state index contributed by atoms with van der Waals surface area (Å²) in [5.74, 6) is 0.241. The van der Waals surface area contributed by atoms with Gasteiger partial charge in [0, 0.05) is 50.7 Å². The highest BCUT2D eigenvalue weighted by molar-refractivity contribution is 5.77. The van der Waals surface area contributed by atoms with Crippen LogP contribution >= 0.6 is 0 Å². The number of hydrogen-bond acceptors (Lipinski definition) is 8. The van der Waals surface area contributed by atoms with E-state index >= 15 is 0 Å². The first kappa shape index (κ1) is 25.4. The Morgan fingerprint density at radius 3 is 2.51 bits per heavy atom. The summed E-state index contributed by atoms with van der Waals surface area (Å²) in [7, 11) is 0. The summed E-state index contributed by atoms with van der Waals surface area (Å²) in [6.07, 6.45) is 2.55.